The number of para-hydroxylation sites is 1. The van der Waals surface area contributed by atoms with E-state index in [1.54, 1.807) is 25.1 Å². The molecule has 1 amide bonds. The Hall–Kier alpha value is -3.32. The van der Waals surface area contributed by atoms with Gasteiger partial charge in [0.25, 0.3) is 5.91 Å². The van der Waals surface area contributed by atoms with Crippen molar-refractivity contribution in [1.82, 2.24) is 20.0 Å². The van der Waals surface area contributed by atoms with Crippen LogP contribution in [0.4, 0.5) is 0 Å². The first kappa shape index (κ1) is 20.9. The van der Waals surface area contributed by atoms with Crippen LogP contribution in [0.2, 0.25) is 0 Å². The number of rotatable bonds is 8. The van der Waals surface area contributed by atoms with Crippen LogP contribution in [0.15, 0.2) is 60.8 Å². The monoisotopic (exact) mass is 420 g/mol. The quantitative estimate of drug-likeness (QED) is 0.605. The molecular weight excluding hydrogens is 392 g/mol. The SMILES string of the molecule is COc1ccc(C(CNC(=O)c2nn(-c3ccccc3)cc2OC)N2CCCC2)cc1. The van der Waals surface area contributed by atoms with Gasteiger partial charge in [-0.2, -0.15) is 5.10 Å². The predicted molar refractivity (Wildman–Crippen MR) is 119 cm³/mol. The van der Waals surface area contributed by atoms with Gasteiger partial charge in [-0.25, -0.2) is 4.68 Å². The van der Waals surface area contributed by atoms with E-state index in [-0.39, 0.29) is 17.6 Å². The topological polar surface area (TPSA) is 68.6 Å². The zero-order valence-corrected chi connectivity index (χ0v) is 18.0. The van der Waals surface area contributed by atoms with Crippen LogP contribution in [0.5, 0.6) is 11.5 Å². The number of nitrogens with zero attached hydrogens (tertiary/aromatic N) is 3. The zero-order chi connectivity index (χ0) is 21.6. The highest BCUT2D eigenvalue weighted by Gasteiger charge is 2.25. The molecule has 1 aromatic heterocycles. The summed E-state index contributed by atoms with van der Waals surface area (Å²) in [6.07, 6.45) is 4.08. The fraction of sp³-hybridized carbons (Fsp3) is 0.333. The third-order valence-electron chi connectivity index (χ3n) is 5.67. The van der Waals surface area contributed by atoms with E-state index in [0.717, 1.165) is 30.1 Å². The van der Waals surface area contributed by atoms with E-state index in [0.29, 0.717) is 12.3 Å². The van der Waals surface area contributed by atoms with Crippen molar-refractivity contribution >= 4 is 5.91 Å². The summed E-state index contributed by atoms with van der Waals surface area (Å²) in [7, 11) is 3.21. The number of ether oxygens (including phenoxy) is 2. The van der Waals surface area contributed by atoms with Crippen LogP contribution < -0.4 is 14.8 Å². The van der Waals surface area contributed by atoms with Gasteiger partial charge in [0.05, 0.1) is 32.1 Å². The number of carbonyl (C=O) groups is 1. The van der Waals surface area contributed by atoms with E-state index < -0.39 is 0 Å². The minimum atomic E-state index is -0.246. The number of carbonyl (C=O) groups excluding carboxylic acids is 1. The first-order valence-corrected chi connectivity index (χ1v) is 10.5. The maximum atomic E-state index is 13.0. The van der Waals surface area contributed by atoms with Crippen LogP contribution in [0, 0.1) is 0 Å². The Bertz CT molecular complexity index is 995. The Morgan fingerprint density at radius 3 is 2.39 bits per heavy atom. The first-order chi connectivity index (χ1) is 15.2. The molecule has 4 rings (SSSR count). The van der Waals surface area contributed by atoms with Crippen molar-refractivity contribution in [2.45, 2.75) is 18.9 Å². The Morgan fingerprint density at radius 2 is 1.74 bits per heavy atom. The van der Waals surface area contributed by atoms with Crippen molar-refractivity contribution in [3.8, 4) is 17.2 Å². The second-order valence-corrected chi connectivity index (χ2v) is 7.57. The van der Waals surface area contributed by atoms with Crippen LogP contribution >= 0.6 is 0 Å². The van der Waals surface area contributed by atoms with Gasteiger partial charge in [-0.3, -0.25) is 9.69 Å². The molecule has 0 aliphatic carbocycles. The maximum absolute atomic E-state index is 13.0. The van der Waals surface area contributed by atoms with E-state index in [4.69, 9.17) is 9.47 Å². The number of benzene rings is 2. The summed E-state index contributed by atoms with van der Waals surface area (Å²) in [5.74, 6) is 1.02. The molecule has 2 heterocycles. The normalized spacial score (nSPS) is 14.9. The second-order valence-electron chi connectivity index (χ2n) is 7.57. The zero-order valence-electron chi connectivity index (χ0n) is 18.0. The number of hydrogen-bond donors (Lipinski definition) is 1. The van der Waals surface area contributed by atoms with Crippen molar-refractivity contribution in [2.24, 2.45) is 0 Å². The third kappa shape index (κ3) is 4.72. The summed E-state index contributed by atoms with van der Waals surface area (Å²) >= 11 is 0. The predicted octanol–water partition coefficient (Wildman–Crippen LogP) is 3.46. The van der Waals surface area contributed by atoms with Gasteiger partial charge in [0.1, 0.15) is 5.75 Å². The van der Waals surface area contributed by atoms with E-state index in [2.05, 4.69) is 27.4 Å². The first-order valence-electron chi connectivity index (χ1n) is 10.5. The number of methoxy groups -OCH3 is 2. The molecule has 1 fully saturated rings. The Labute approximate surface area is 182 Å². The second kappa shape index (κ2) is 9.66. The summed E-state index contributed by atoms with van der Waals surface area (Å²) in [5.41, 5.74) is 2.30. The van der Waals surface area contributed by atoms with Gasteiger partial charge in [-0.1, -0.05) is 30.3 Å². The van der Waals surface area contributed by atoms with Crippen LogP contribution in [0.3, 0.4) is 0 Å². The fourth-order valence-corrected chi connectivity index (χ4v) is 3.99. The molecule has 0 radical (unpaired) electrons. The van der Waals surface area contributed by atoms with Crippen molar-refractivity contribution in [1.29, 1.82) is 0 Å². The van der Waals surface area contributed by atoms with Crippen LogP contribution in [-0.4, -0.2) is 54.4 Å². The lowest BCUT2D eigenvalue weighted by Crippen LogP contribution is -2.37. The van der Waals surface area contributed by atoms with Crippen molar-refractivity contribution in [2.75, 3.05) is 33.9 Å². The molecule has 0 spiro atoms. The number of nitrogens with one attached hydrogen (secondary N) is 1. The van der Waals surface area contributed by atoms with Gasteiger partial charge in [0.2, 0.25) is 0 Å². The van der Waals surface area contributed by atoms with Crippen molar-refractivity contribution in [3.63, 3.8) is 0 Å². The highest BCUT2D eigenvalue weighted by Crippen LogP contribution is 2.27. The van der Waals surface area contributed by atoms with Gasteiger partial charge >= 0.3 is 0 Å². The third-order valence-corrected chi connectivity index (χ3v) is 5.67. The molecule has 3 aromatic rings. The standard InChI is InChI=1S/C24H28N4O3/c1-30-20-12-10-18(11-13-20)21(27-14-6-7-15-27)16-25-24(29)23-22(31-2)17-28(26-23)19-8-4-3-5-9-19/h3-5,8-13,17,21H,6-7,14-16H2,1-2H3,(H,25,29). The van der Waals surface area contributed by atoms with Gasteiger partial charge < -0.3 is 14.8 Å². The van der Waals surface area contributed by atoms with Gasteiger partial charge in [-0.15, -0.1) is 0 Å². The summed E-state index contributed by atoms with van der Waals surface area (Å²) < 4.78 is 12.4. The lowest BCUT2D eigenvalue weighted by atomic mass is 10.1. The Balaban J connectivity index is 1.51. The highest BCUT2D eigenvalue weighted by molar-refractivity contribution is 5.95. The number of hydrogen-bond acceptors (Lipinski definition) is 5. The highest BCUT2D eigenvalue weighted by atomic mass is 16.5. The number of amides is 1. The van der Waals surface area contributed by atoms with E-state index in [1.165, 1.54) is 12.8 Å². The summed E-state index contributed by atoms with van der Waals surface area (Å²) in [5, 5.41) is 7.55. The summed E-state index contributed by atoms with van der Waals surface area (Å²) in [6, 6.07) is 17.8. The molecule has 7 heteroatoms. The molecule has 1 atom stereocenters. The molecule has 1 saturated heterocycles. The van der Waals surface area contributed by atoms with Crippen molar-refractivity contribution in [3.05, 3.63) is 72.1 Å². The van der Waals surface area contributed by atoms with Crippen molar-refractivity contribution < 1.29 is 14.3 Å². The molecule has 162 valence electrons. The summed E-state index contributed by atoms with van der Waals surface area (Å²) in [6.45, 7) is 2.55. The Morgan fingerprint density at radius 1 is 1.03 bits per heavy atom. The van der Waals surface area contributed by atoms with Gasteiger partial charge in [-0.05, 0) is 55.8 Å². The van der Waals surface area contributed by atoms with E-state index >= 15 is 0 Å². The minimum absolute atomic E-state index is 0.0968. The van der Waals surface area contributed by atoms with E-state index in [9.17, 15) is 4.79 Å². The van der Waals surface area contributed by atoms with E-state index in [1.807, 2.05) is 42.5 Å². The fourth-order valence-electron chi connectivity index (χ4n) is 3.99. The average Bonchev–Trinajstić information content (AvgIpc) is 3.50. The molecule has 1 aliphatic heterocycles. The van der Waals surface area contributed by atoms with Crippen LogP contribution in [0.1, 0.15) is 34.9 Å². The molecule has 7 nitrogen and oxygen atoms in total. The molecular formula is C24H28N4O3. The molecule has 0 saturated carbocycles. The Kier molecular flexibility index (Phi) is 6.52. The maximum Gasteiger partial charge on any atom is 0.275 e. The van der Waals surface area contributed by atoms with Gasteiger partial charge in [0.15, 0.2) is 11.4 Å². The molecule has 1 aliphatic rings. The lowest BCUT2D eigenvalue weighted by Gasteiger charge is -2.28. The summed E-state index contributed by atoms with van der Waals surface area (Å²) in [4.78, 5) is 15.4. The smallest absolute Gasteiger partial charge is 0.275 e. The molecule has 31 heavy (non-hydrogen) atoms. The number of likely N-dealkylation sites (tertiary alicyclic amines) is 1. The van der Waals surface area contributed by atoms with Crippen LogP contribution in [-0.2, 0) is 0 Å². The number of aromatic nitrogens is 2. The largest absolute Gasteiger partial charge is 0.497 e. The molecule has 2 aromatic carbocycles. The molecule has 1 N–H and O–H groups in total. The minimum Gasteiger partial charge on any atom is -0.497 e. The lowest BCUT2D eigenvalue weighted by molar-refractivity contribution is 0.0929. The van der Waals surface area contributed by atoms with Crippen LogP contribution in [0.25, 0.3) is 5.69 Å². The average molecular weight is 421 g/mol. The molecule has 0 bridgehead atoms. The van der Waals surface area contributed by atoms with Gasteiger partial charge in [0, 0.05) is 6.54 Å². The molecule has 1 unspecified atom stereocenters.